The molecule has 106 valence electrons. The van der Waals surface area contributed by atoms with E-state index in [0.29, 0.717) is 30.7 Å². The largest absolute Gasteiger partial charge is 0.342 e. The number of rotatable bonds is 5. The van der Waals surface area contributed by atoms with Crippen LogP contribution in [0.3, 0.4) is 0 Å². The topological polar surface area (TPSA) is 46.3 Å². The highest BCUT2D eigenvalue weighted by atomic mass is 16.2. The van der Waals surface area contributed by atoms with Gasteiger partial charge in [-0.3, -0.25) is 4.79 Å². The molecule has 0 bridgehead atoms. The van der Waals surface area contributed by atoms with Crippen LogP contribution in [0.15, 0.2) is 0 Å². The number of carbonyl (C=O) groups is 1. The van der Waals surface area contributed by atoms with Crippen LogP contribution in [0, 0.1) is 17.3 Å². The Morgan fingerprint density at radius 2 is 2.06 bits per heavy atom. The van der Waals surface area contributed by atoms with Gasteiger partial charge in [-0.15, -0.1) is 0 Å². The summed E-state index contributed by atoms with van der Waals surface area (Å²) in [7, 11) is 0. The summed E-state index contributed by atoms with van der Waals surface area (Å²) in [5.74, 6) is 1.27. The smallest absolute Gasteiger partial charge is 0.222 e. The Morgan fingerprint density at radius 3 is 2.56 bits per heavy atom. The lowest BCUT2D eigenvalue weighted by Gasteiger charge is -2.38. The molecule has 1 amide bonds. The van der Waals surface area contributed by atoms with Crippen molar-refractivity contribution in [1.82, 2.24) is 4.90 Å². The van der Waals surface area contributed by atoms with Crippen LogP contribution in [-0.2, 0) is 4.79 Å². The number of nitrogens with two attached hydrogens (primary N) is 1. The molecular formula is C15H30N2O. The predicted molar refractivity (Wildman–Crippen MR) is 76.2 cm³/mol. The zero-order chi connectivity index (χ0) is 13.8. The van der Waals surface area contributed by atoms with Crippen LogP contribution in [-0.4, -0.2) is 30.4 Å². The molecular weight excluding hydrogens is 224 g/mol. The van der Waals surface area contributed by atoms with Crippen LogP contribution in [0.2, 0.25) is 0 Å². The molecule has 3 heteroatoms. The van der Waals surface area contributed by atoms with E-state index in [1.807, 2.05) is 4.90 Å². The number of nitrogens with zero attached hydrogens (tertiary/aromatic N) is 1. The van der Waals surface area contributed by atoms with Crippen molar-refractivity contribution in [3.05, 3.63) is 0 Å². The van der Waals surface area contributed by atoms with E-state index >= 15 is 0 Å². The van der Waals surface area contributed by atoms with Gasteiger partial charge in [0, 0.05) is 19.5 Å². The quantitative estimate of drug-likeness (QED) is 0.820. The summed E-state index contributed by atoms with van der Waals surface area (Å²) in [6, 6.07) is 0. The van der Waals surface area contributed by atoms with Crippen molar-refractivity contribution in [2.24, 2.45) is 23.0 Å². The van der Waals surface area contributed by atoms with Gasteiger partial charge < -0.3 is 10.6 Å². The molecule has 0 aliphatic carbocycles. The summed E-state index contributed by atoms with van der Waals surface area (Å²) in [5, 5.41) is 0. The lowest BCUT2D eigenvalue weighted by Crippen LogP contribution is -2.44. The van der Waals surface area contributed by atoms with Crippen LogP contribution in [0.25, 0.3) is 0 Å². The summed E-state index contributed by atoms with van der Waals surface area (Å²) < 4.78 is 0. The van der Waals surface area contributed by atoms with E-state index in [-0.39, 0.29) is 5.41 Å². The van der Waals surface area contributed by atoms with Crippen LogP contribution >= 0.6 is 0 Å². The maximum Gasteiger partial charge on any atom is 0.222 e. The van der Waals surface area contributed by atoms with Crippen LogP contribution < -0.4 is 5.73 Å². The number of carbonyl (C=O) groups excluding carboxylic acids is 1. The number of amides is 1. The van der Waals surface area contributed by atoms with Gasteiger partial charge in [0.1, 0.15) is 0 Å². The second-order valence-corrected chi connectivity index (χ2v) is 7.02. The van der Waals surface area contributed by atoms with Crippen molar-refractivity contribution >= 4 is 5.91 Å². The SMILES string of the molecule is CC(C)C[C@H](CN)CC(=O)N1CCCC(C)(C)C1. The zero-order valence-corrected chi connectivity index (χ0v) is 12.5. The Balaban J connectivity index is 2.48. The third kappa shape index (κ3) is 4.97. The third-order valence-corrected chi connectivity index (χ3v) is 3.85. The molecule has 0 saturated carbocycles. The van der Waals surface area contributed by atoms with Gasteiger partial charge in [0.05, 0.1) is 0 Å². The molecule has 1 rings (SSSR count). The van der Waals surface area contributed by atoms with Gasteiger partial charge in [-0.1, -0.05) is 27.7 Å². The molecule has 0 aromatic rings. The first-order valence-corrected chi connectivity index (χ1v) is 7.32. The van der Waals surface area contributed by atoms with Crippen molar-refractivity contribution in [1.29, 1.82) is 0 Å². The number of hydrogen-bond donors (Lipinski definition) is 1. The number of piperidine rings is 1. The Kier molecular flexibility index (Phi) is 5.64. The number of hydrogen-bond acceptors (Lipinski definition) is 2. The molecule has 0 aromatic heterocycles. The van der Waals surface area contributed by atoms with Crippen molar-refractivity contribution in [2.75, 3.05) is 19.6 Å². The minimum Gasteiger partial charge on any atom is -0.342 e. The van der Waals surface area contributed by atoms with Crippen LogP contribution in [0.4, 0.5) is 0 Å². The molecule has 0 spiro atoms. The highest BCUT2D eigenvalue weighted by Crippen LogP contribution is 2.29. The summed E-state index contributed by atoms with van der Waals surface area (Å²) in [6.07, 6.45) is 4.05. The Labute approximate surface area is 112 Å². The Morgan fingerprint density at radius 1 is 1.39 bits per heavy atom. The van der Waals surface area contributed by atoms with Gasteiger partial charge >= 0.3 is 0 Å². The second-order valence-electron chi connectivity index (χ2n) is 7.02. The Bertz CT molecular complexity index is 274. The first kappa shape index (κ1) is 15.5. The van der Waals surface area contributed by atoms with Crippen LogP contribution in [0.5, 0.6) is 0 Å². The van der Waals surface area contributed by atoms with Gasteiger partial charge in [0.2, 0.25) is 5.91 Å². The Hall–Kier alpha value is -0.570. The molecule has 3 nitrogen and oxygen atoms in total. The summed E-state index contributed by atoms with van der Waals surface area (Å²) >= 11 is 0. The van der Waals surface area contributed by atoms with Crippen molar-refractivity contribution in [3.8, 4) is 0 Å². The number of likely N-dealkylation sites (tertiary alicyclic amines) is 1. The molecule has 1 aliphatic heterocycles. The highest BCUT2D eigenvalue weighted by Gasteiger charge is 2.29. The maximum absolute atomic E-state index is 12.3. The van der Waals surface area contributed by atoms with E-state index in [1.54, 1.807) is 0 Å². The lowest BCUT2D eigenvalue weighted by atomic mass is 9.83. The first-order chi connectivity index (χ1) is 8.34. The van der Waals surface area contributed by atoms with Crippen molar-refractivity contribution in [3.63, 3.8) is 0 Å². The molecule has 18 heavy (non-hydrogen) atoms. The van der Waals surface area contributed by atoms with Crippen LogP contribution in [0.1, 0.15) is 53.4 Å². The van der Waals surface area contributed by atoms with E-state index in [0.717, 1.165) is 25.9 Å². The monoisotopic (exact) mass is 254 g/mol. The molecule has 2 N–H and O–H groups in total. The lowest BCUT2D eigenvalue weighted by molar-refractivity contribution is -0.135. The molecule has 0 radical (unpaired) electrons. The van der Waals surface area contributed by atoms with Crippen molar-refractivity contribution < 1.29 is 4.79 Å². The fourth-order valence-electron chi connectivity index (χ4n) is 2.94. The minimum absolute atomic E-state index is 0.282. The molecule has 0 aromatic carbocycles. The molecule has 0 unspecified atom stereocenters. The second kappa shape index (κ2) is 6.55. The average Bonchev–Trinajstić information content (AvgIpc) is 2.26. The minimum atomic E-state index is 0.282. The summed E-state index contributed by atoms with van der Waals surface area (Å²) in [6.45, 7) is 11.4. The fraction of sp³-hybridized carbons (Fsp3) is 0.933. The highest BCUT2D eigenvalue weighted by molar-refractivity contribution is 5.76. The van der Waals surface area contributed by atoms with Gasteiger partial charge in [-0.05, 0) is 43.1 Å². The maximum atomic E-state index is 12.3. The van der Waals surface area contributed by atoms with Crippen molar-refractivity contribution in [2.45, 2.75) is 53.4 Å². The summed E-state index contributed by atoms with van der Waals surface area (Å²) in [4.78, 5) is 14.4. The normalized spacial score (nSPS) is 21.1. The molecule has 1 aliphatic rings. The average molecular weight is 254 g/mol. The fourth-order valence-corrected chi connectivity index (χ4v) is 2.94. The van der Waals surface area contributed by atoms with Gasteiger partial charge in [-0.2, -0.15) is 0 Å². The van der Waals surface area contributed by atoms with Gasteiger partial charge in [0.25, 0.3) is 0 Å². The van der Waals surface area contributed by atoms with Gasteiger partial charge in [0.15, 0.2) is 0 Å². The molecule has 1 heterocycles. The van der Waals surface area contributed by atoms with E-state index in [1.165, 1.54) is 6.42 Å². The van der Waals surface area contributed by atoms with Gasteiger partial charge in [-0.25, -0.2) is 0 Å². The van der Waals surface area contributed by atoms with E-state index < -0.39 is 0 Å². The molecule has 1 atom stereocenters. The van der Waals surface area contributed by atoms with E-state index in [2.05, 4.69) is 27.7 Å². The molecule has 1 saturated heterocycles. The standard InChI is InChI=1S/C15H30N2O/c1-12(2)8-13(10-16)9-14(18)17-7-5-6-15(3,4)11-17/h12-13H,5-11,16H2,1-4H3/t13-/m0/s1. The molecule has 1 fully saturated rings. The van der Waals surface area contributed by atoms with E-state index in [9.17, 15) is 4.79 Å². The first-order valence-electron chi connectivity index (χ1n) is 7.32. The summed E-state index contributed by atoms with van der Waals surface area (Å²) in [5.41, 5.74) is 6.06. The predicted octanol–water partition coefficient (Wildman–Crippen LogP) is 2.65. The zero-order valence-electron chi connectivity index (χ0n) is 12.5. The van der Waals surface area contributed by atoms with E-state index in [4.69, 9.17) is 5.73 Å². The third-order valence-electron chi connectivity index (χ3n) is 3.85.